The van der Waals surface area contributed by atoms with Gasteiger partial charge in [-0.25, -0.2) is 4.98 Å². The number of nitrogens with zero attached hydrogens (tertiary/aromatic N) is 3. The lowest BCUT2D eigenvalue weighted by atomic mass is 10.00. The topological polar surface area (TPSA) is 86.9 Å². The van der Waals surface area contributed by atoms with Gasteiger partial charge in [-0.2, -0.15) is 5.10 Å². The molecule has 0 aliphatic heterocycles. The number of hydrogen-bond acceptors (Lipinski definition) is 5. The van der Waals surface area contributed by atoms with Crippen LogP contribution in [0.1, 0.15) is 29.7 Å². The zero-order chi connectivity index (χ0) is 18.6. The SMILES string of the molecule is Cc1cc([C@@H](C)N)c2oc(-c3ccc4nn(C)cc4n3)c(C)c(=O)c2c1. The molecule has 4 rings (SSSR count). The van der Waals surface area contributed by atoms with Gasteiger partial charge in [0.05, 0.1) is 11.6 Å². The van der Waals surface area contributed by atoms with E-state index in [9.17, 15) is 4.79 Å². The molecule has 3 heterocycles. The fourth-order valence-corrected chi connectivity index (χ4v) is 3.30. The highest BCUT2D eigenvalue weighted by Gasteiger charge is 2.18. The second-order valence-electron chi connectivity index (χ2n) is 6.81. The van der Waals surface area contributed by atoms with Gasteiger partial charge in [-0.15, -0.1) is 0 Å². The molecule has 4 aromatic rings. The number of rotatable bonds is 2. The first-order chi connectivity index (χ1) is 12.3. The fourth-order valence-electron chi connectivity index (χ4n) is 3.30. The molecule has 0 saturated carbocycles. The molecule has 132 valence electrons. The normalized spacial score (nSPS) is 12.8. The number of pyridine rings is 1. The van der Waals surface area contributed by atoms with E-state index in [1.54, 1.807) is 11.6 Å². The Labute approximate surface area is 150 Å². The predicted octanol–water partition coefficient (Wildman–Crippen LogP) is 3.38. The number of hydrogen-bond donors (Lipinski definition) is 1. The van der Waals surface area contributed by atoms with E-state index < -0.39 is 0 Å². The molecule has 3 aromatic heterocycles. The summed E-state index contributed by atoms with van der Waals surface area (Å²) in [7, 11) is 1.85. The minimum absolute atomic E-state index is 0.0556. The average molecular weight is 348 g/mol. The molecular formula is C20H20N4O2. The Morgan fingerprint density at radius 3 is 2.69 bits per heavy atom. The second kappa shape index (κ2) is 5.78. The molecular weight excluding hydrogens is 328 g/mol. The maximum Gasteiger partial charge on any atom is 0.196 e. The quantitative estimate of drug-likeness (QED) is 0.600. The van der Waals surface area contributed by atoms with Crippen LogP contribution in [0.3, 0.4) is 0 Å². The highest BCUT2D eigenvalue weighted by Crippen LogP contribution is 2.30. The maximum absolute atomic E-state index is 13.0. The van der Waals surface area contributed by atoms with E-state index in [0.29, 0.717) is 28.0 Å². The Kier molecular flexibility index (Phi) is 3.66. The molecule has 1 atom stereocenters. The van der Waals surface area contributed by atoms with Crippen molar-refractivity contribution in [3.05, 3.63) is 57.4 Å². The number of fused-ring (bicyclic) bond motifs is 2. The molecule has 0 unspecified atom stereocenters. The van der Waals surface area contributed by atoms with Gasteiger partial charge in [-0.3, -0.25) is 9.48 Å². The first-order valence-corrected chi connectivity index (χ1v) is 8.49. The van der Waals surface area contributed by atoms with Crippen LogP contribution in [0.25, 0.3) is 33.5 Å². The van der Waals surface area contributed by atoms with Crippen molar-refractivity contribution in [1.82, 2.24) is 14.8 Å². The Balaban J connectivity index is 2.05. The summed E-state index contributed by atoms with van der Waals surface area (Å²) in [5.41, 5.74) is 11.1. The van der Waals surface area contributed by atoms with Crippen LogP contribution in [0.5, 0.6) is 0 Å². The third kappa shape index (κ3) is 2.50. The standard InChI is InChI=1S/C20H20N4O2/c1-10-7-13(12(3)21)20-14(8-10)18(25)11(2)19(26-20)16-6-5-15-17(22-16)9-24(4)23-15/h5-9,12H,21H2,1-4H3/t12-/m1/s1. The molecule has 6 nitrogen and oxygen atoms in total. The van der Waals surface area contributed by atoms with E-state index in [1.165, 1.54) is 0 Å². The Morgan fingerprint density at radius 1 is 1.19 bits per heavy atom. The highest BCUT2D eigenvalue weighted by atomic mass is 16.3. The first-order valence-electron chi connectivity index (χ1n) is 8.49. The Morgan fingerprint density at radius 2 is 1.96 bits per heavy atom. The number of aryl methyl sites for hydroxylation is 2. The Hall–Kier alpha value is -2.99. The molecule has 0 radical (unpaired) electrons. The molecule has 26 heavy (non-hydrogen) atoms. The second-order valence-corrected chi connectivity index (χ2v) is 6.81. The molecule has 6 heteroatoms. The Bertz CT molecular complexity index is 1220. The van der Waals surface area contributed by atoms with Crippen molar-refractivity contribution in [3.63, 3.8) is 0 Å². The van der Waals surface area contributed by atoms with Crippen molar-refractivity contribution in [2.75, 3.05) is 0 Å². The van der Waals surface area contributed by atoms with Crippen LogP contribution in [0.4, 0.5) is 0 Å². The molecule has 0 bridgehead atoms. The summed E-state index contributed by atoms with van der Waals surface area (Å²) in [6.45, 7) is 5.60. The van der Waals surface area contributed by atoms with Crippen LogP contribution < -0.4 is 11.2 Å². The average Bonchev–Trinajstić information content (AvgIpc) is 2.96. The highest BCUT2D eigenvalue weighted by molar-refractivity contribution is 5.84. The first kappa shape index (κ1) is 16.5. The molecule has 1 aromatic carbocycles. The molecule has 2 N–H and O–H groups in total. The van der Waals surface area contributed by atoms with Crippen molar-refractivity contribution >= 4 is 22.0 Å². The lowest BCUT2D eigenvalue weighted by Crippen LogP contribution is -2.12. The summed E-state index contributed by atoms with van der Waals surface area (Å²) < 4.78 is 7.90. The van der Waals surface area contributed by atoms with E-state index in [4.69, 9.17) is 10.2 Å². The van der Waals surface area contributed by atoms with E-state index in [0.717, 1.165) is 22.2 Å². The van der Waals surface area contributed by atoms with Crippen molar-refractivity contribution < 1.29 is 4.42 Å². The van der Waals surface area contributed by atoms with E-state index in [-0.39, 0.29) is 11.5 Å². The molecule has 0 amide bonds. The van der Waals surface area contributed by atoms with Crippen LogP contribution in [-0.2, 0) is 7.05 Å². The van der Waals surface area contributed by atoms with Gasteiger partial charge < -0.3 is 10.2 Å². The van der Waals surface area contributed by atoms with Crippen molar-refractivity contribution in [3.8, 4) is 11.5 Å². The van der Waals surface area contributed by atoms with Gasteiger partial charge in [0.2, 0.25) is 0 Å². The molecule has 0 aliphatic carbocycles. The smallest absolute Gasteiger partial charge is 0.196 e. The van der Waals surface area contributed by atoms with E-state index in [2.05, 4.69) is 10.1 Å². The van der Waals surface area contributed by atoms with Gasteiger partial charge in [0.25, 0.3) is 0 Å². The van der Waals surface area contributed by atoms with Crippen molar-refractivity contribution in [2.24, 2.45) is 12.8 Å². The summed E-state index contributed by atoms with van der Waals surface area (Å²) in [6.07, 6.45) is 1.84. The van der Waals surface area contributed by atoms with Crippen LogP contribution in [0.15, 0.2) is 39.7 Å². The zero-order valence-electron chi connectivity index (χ0n) is 15.2. The third-order valence-corrected chi connectivity index (χ3v) is 4.59. The van der Waals surface area contributed by atoms with Crippen molar-refractivity contribution in [1.29, 1.82) is 0 Å². The summed E-state index contributed by atoms with van der Waals surface area (Å²) >= 11 is 0. The largest absolute Gasteiger partial charge is 0.454 e. The third-order valence-electron chi connectivity index (χ3n) is 4.59. The summed E-state index contributed by atoms with van der Waals surface area (Å²) in [5, 5.41) is 4.89. The molecule has 0 spiro atoms. The number of nitrogens with two attached hydrogens (primary N) is 1. The summed E-state index contributed by atoms with van der Waals surface area (Å²) in [5.74, 6) is 0.471. The monoisotopic (exact) mass is 348 g/mol. The zero-order valence-corrected chi connectivity index (χ0v) is 15.2. The van der Waals surface area contributed by atoms with Crippen LogP contribution in [-0.4, -0.2) is 14.8 Å². The van der Waals surface area contributed by atoms with E-state index >= 15 is 0 Å². The minimum atomic E-state index is -0.245. The van der Waals surface area contributed by atoms with Crippen LogP contribution >= 0.6 is 0 Å². The molecule has 0 aliphatic rings. The van der Waals surface area contributed by atoms with Gasteiger partial charge in [0.1, 0.15) is 22.3 Å². The number of aromatic nitrogens is 3. The van der Waals surface area contributed by atoms with Crippen LogP contribution in [0.2, 0.25) is 0 Å². The maximum atomic E-state index is 13.0. The van der Waals surface area contributed by atoms with Gasteiger partial charge >= 0.3 is 0 Å². The lowest BCUT2D eigenvalue weighted by molar-refractivity contribution is 0.601. The van der Waals surface area contributed by atoms with Gasteiger partial charge in [0.15, 0.2) is 11.2 Å². The summed E-state index contributed by atoms with van der Waals surface area (Å²) in [4.78, 5) is 17.6. The summed E-state index contributed by atoms with van der Waals surface area (Å²) in [6, 6.07) is 7.27. The van der Waals surface area contributed by atoms with Gasteiger partial charge in [-0.05, 0) is 44.5 Å². The fraction of sp³-hybridized carbons (Fsp3) is 0.250. The lowest BCUT2D eigenvalue weighted by Gasteiger charge is -2.13. The number of benzene rings is 1. The van der Waals surface area contributed by atoms with Gasteiger partial charge in [-0.1, -0.05) is 6.07 Å². The predicted molar refractivity (Wildman–Crippen MR) is 102 cm³/mol. The van der Waals surface area contributed by atoms with Crippen molar-refractivity contribution in [2.45, 2.75) is 26.8 Å². The van der Waals surface area contributed by atoms with Gasteiger partial charge in [0, 0.05) is 24.2 Å². The van der Waals surface area contributed by atoms with E-state index in [1.807, 2.05) is 51.4 Å². The van der Waals surface area contributed by atoms with Crippen LogP contribution in [0, 0.1) is 13.8 Å². The molecule has 0 fully saturated rings. The molecule has 0 saturated heterocycles. The minimum Gasteiger partial charge on any atom is -0.454 e.